The van der Waals surface area contributed by atoms with E-state index in [-0.39, 0.29) is 11.8 Å². The summed E-state index contributed by atoms with van der Waals surface area (Å²) >= 11 is 1.65. The van der Waals surface area contributed by atoms with Crippen molar-refractivity contribution in [2.75, 3.05) is 11.1 Å². The Balaban J connectivity index is 2.01. The summed E-state index contributed by atoms with van der Waals surface area (Å²) in [6.45, 7) is 2.05. The highest BCUT2D eigenvalue weighted by Gasteiger charge is 2.48. The SMILES string of the molecule is CCSc1ccccc1NC(=O)[C@@H]1C[C@@H]1C(=O)O. The molecule has 1 aliphatic carbocycles. The van der Waals surface area contributed by atoms with Crippen molar-refractivity contribution >= 4 is 29.3 Å². The van der Waals surface area contributed by atoms with Crippen molar-refractivity contribution in [3.8, 4) is 0 Å². The molecule has 18 heavy (non-hydrogen) atoms. The van der Waals surface area contributed by atoms with Gasteiger partial charge in [0.2, 0.25) is 5.91 Å². The zero-order valence-corrected chi connectivity index (χ0v) is 10.9. The van der Waals surface area contributed by atoms with Gasteiger partial charge in [0.25, 0.3) is 0 Å². The lowest BCUT2D eigenvalue weighted by atomic mass is 10.2. The van der Waals surface area contributed by atoms with E-state index >= 15 is 0 Å². The van der Waals surface area contributed by atoms with E-state index in [1.165, 1.54) is 0 Å². The van der Waals surface area contributed by atoms with E-state index in [1.54, 1.807) is 11.8 Å². The van der Waals surface area contributed by atoms with Crippen molar-refractivity contribution in [2.24, 2.45) is 11.8 Å². The normalized spacial score (nSPS) is 21.4. The molecule has 0 aromatic heterocycles. The summed E-state index contributed by atoms with van der Waals surface area (Å²) in [5.74, 6) is -1.02. The Morgan fingerprint density at radius 2 is 2.11 bits per heavy atom. The average Bonchev–Trinajstić information content (AvgIpc) is 3.12. The van der Waals surface area contributed by atoms with Gasteiger partial charge in [-0.2, -0.15) is 0 Å². The Hall–Kier alpha value is -1.49. The van der Waals surface area contributed by atoms with Gasteiger partial charge in [0.1, 0.15) is 0 Å². The molecule has 2 rings (SSSR count). The first-order valence-electron chi connectivity index (χ1n) is 5.89. The lowest BCUT2D eigenvalue weighted by molar-refractivity contribution is -0.139. The molecule has 1 fully saturated rings. The molecule has 0 bridgehead atoms. The van der Waals surface area contributed by atoms with Gasteiger partial charge >= 0.3 is 5.97 Å². The molecule has 96 valence electrons. The summed E-state index contributed by atoms with van der Waals surface area (Å²) in [6, 6.07) is 7.57. The van der Waals surface area contributed by atoms with Crippen LogP contribution in [0.2, 0.25) is 0 Å². The highest BCUT2D eigenvalue weighted by molar-refractivity contribution is 7.99. The third-order valence-electron chi connectivity index (χ3n) is 2.89. The number of aliphatic carboxylic acids is 1. The summed E-state index contributed by atoms with van der Waals surface area (Å²) in [5, 5.41) is 11.6. The van der Waals surface area contributed by atoms with Crippen LogP contribution in [0.5, 0.6) is 0 Å². The summed E-state index contributed by atoms with van der Waals surface area (Å²) < 4.78 is 0. The zero-order chi connectivity index (χ0) is 13.1. The monoisotopic (exact) mass is 265 g/mol. The van der Waals surface area contributed by atoms with Gasteiger partial charge in [0, 0.05) is 4.90 Å². The van der Waals surface area contributed by atoms with E-state index in [4.69, 9.17) is 5.11 Å². The smallest absolute Gasteiger partial charge is 0.307 e. The van der Waals surface area contributed by atoms with Crippen LogP contribution < -0.4 is 5.32 Å². The predicted octanol–water partition coefficient (Wildman–Crippen LogP) is 2.46. The molecule has 1 aliphatic rings. The molecule has 1 amide bonds. The van der Waals surface area contributed by atoms with Crippen molar-refractivity contribution in [3.63, 3.8) is 0 Å². The van der Waals surface area contributed by atoms with Crippen molar-refractivity contribution in [3.05, 3.63) is 24.3 Å². The molecule has 0 aliphatic heterocycles. The number of carboxylic acid groups (broad SMARTS) is 1. The number of thioether (sulfide) groups is 1. The van der Waals surface area contributed by atoms with Crippen LogP contribution in [0.1, 0.15) is 13.3 Å². The molecular weight excluding hydrogens is 250 g/mol. The second-order valence-electron chi connectivity index (χ2n) is 4.21. The fraction of sp³-hybridized carbons (Fsp3) is 0.385. The minimum Gasteiger partial charge on any atom is -0.481 e. The molecule has 2 N–H and O–H groups in total. The Morgan fingerprint density at radius 1 is 1.39 bits per heavy atom. The minimum absolute atomic E-state index is 0.188. The van der Waals surface area contributed by atoms with Gasteiger partial charge in [-0.3, -0.25) is 9.59 Å². The van der Waals surface area contributed by atoms with E-state index in [0.29, 0.717) is 6.42 Å². The lowest BCUT2D eigenvalue weighted by Crippen LogP contribution is -2.17. The van der Waals surface area contributed by atoms with Crippen molar-refractivity contribution in [1.82, 2.24) is 0 Å². The van der Waals surface area contributed by atoms with E-state index in [9.17, 15) is 9.59 Å². The minimum atomic E-state index is -0.883. The van der Waals surface area contributed by atoms with Crippen molar-refractivity contribution in [1.29, 1.82) is 0 Å². The van der Waals surface area contributed by atoms with E-state index < -0.39 is 11.9 Å². The molecule has 0 heterocycles. The largest absolute Gasteiger partial charge is 0.481 e. The standard InChI is InChI=1S/C13H15NO3S/c1-2-18-11-6-4-3-5-10(11)14-12(15)8-7-9(8)13(16)17/h3-6,8-9H,2,7H2,1H3,(H,14,15)(H,16,17)/t8-,9+/m1/s1. The number of benzene rings is 1. The van der Waals surface area contributed by atoms with E-state index in [1.807, 2.05) is 31.2 Å². The summed E-state index contributed by atoms with van der Waals surface area (Å²) in [4.78, 5) is 23.6. The highest BCUT2D eigenvalue weighted by atomic mass is 32.2. The van der Waals surface area contributed by atoms with Crippen LogP contribution >= 0.6 is 11.8 Å². The fourth-order valence-corrected chi connectivity index (χ4v) is 2.59. The quantitative estimate of drug-likeness (QED) is 0.803. The van der Waals surface area contributed by atoms with Gasteiger partial charge < -0.3 is 10.4 Å². The maximum Gasteiger partial charge on any atom is 0.307 e. The first-order chi connectivity index (χ1) is 8.63. The third kappa shape index (κ3) is 2.85. The first-order valence-corrected chi connectivity index (χ1v) is 6.87. The molecular formula is C13H15NO3S. The van der Waals surface area contributed by atoms with Gasteiger partial charge in [-0.05, 0) is 24.3 Å². The van der Waals surface area contributed by atoms with Crippen LogP contribution in [0.3, 0.4) is 0 Å². The second-order valence-corrected chi connectivity index (χ2v) is 5.51. The summed E-state index contributed by atoms with van der Waals surface area (Å²) in [7, 11) is 0. The van der Waals surface area contributed by atoms with Crippen LogP contribution in [0.4, 0.5) is 5.69 Å². The molecule has 1 saturated carbocycles. The van der Waals surface area contributed by atoms with Gasteiger partial charge in [-0.25, -0.2) is 0 Å². The van der Waals surface area contributed by atoms with E-state index in [2.05, 4.69) is 5.32 Å². The van der Waals surface area contributed by atoms with Gasteiger partial charge in [-0.15, -0.1) is 11.8 Å². The maximum absolute atomic E-state index is 11.9. The molecule has 1 aromatic carbocycles. The number of anilines is 1. The molecule has 0 spiro atoms. The number of carbonyl (C=O) groups excluding carboxylic acids is 1. The maximum atomic E-state index is 11.9. The van der Waals surface area contributed by atoms with Gasteiger partial charge in [0.15, 0.2) is 0 Å². The van der Waals surface area contributed by atoms with Crippen LogP contribution in [-0.2, 0) is 9.59 Å². The fourth-order valence-electron chi connectivity index (χ4n) is 1.83. The number of nitrogens with one attached hydrogen (secondary N) is 1. The average molecular weight is 265 g/mol. The van der Waals surface area contributed by atoms with E-state index in [0.717, 1.165) is 16.3 Å². The second kappa shape index (κ2) is 5.44. The first kappa shape index (κ1) is 13.0. The number of hydrogen-bond donors (Lipinski definition) is 2. The van der Waals surface area contributed by atoms with Crippen LogP contribution in [0.25, 0.3) is 0 Å². The Bertz CT molecular complexity index is 475. The van der Waals surface area contributed by atoms with Crippen molar-refractivity contribution < 1.29 is 14.7 Å². The summed E-state index contributed by atoms with van der Waals surface area (Å²) in [6.07, 6.45) is 0.449. The third-order valence-corrected chi connectivity index (χ3v) is 3.84. The topological polar surface area (TPSA) is 66.4 Å². The molecule has 5 heteroatoms. The number of carboxylic acids is 1. The molecule has 0 saturated heterocycles. The molecule has 4 nitrogen and oxygen atoms in total. The van der Waals surface area contributed by atoms with Crippen LogP contribution in [-0.4, -0.2) is 22.7 Å². The number of rotatable bonds is 5. The highest BCUT2D eigenvalue weighted by Crippen LogP contribution is 2.40. The predicted molar refractivity (Wildman–Crippen MR) is 70.7 cm³/mol. The lowest BCUT2D eigenvalue weighted by Gasteiger charge is -2.09. The number of carbonyl (C=O) groups is 2. The Labute approximate surface area is 110 Å². The zero-order valence-electron chi connectivity index (χ0n) is 10.1. The Kier molecular flexibility index (Phi) is 3.91. The van der Waals surface area contributed by atoms with Crippen LogP contribution in [0, 0.1) is 11.8 Å². The van der Waals surface area contributed by atoms with Crippen molar-refractivity contribution in [2.45, 2.75) is 18.2 Å². The van der Waals surface area contributed by atoms with Gasteiger partial charge in [-0.1, -0.05) is 19.1 Å². The molecule has 0 unspecified atom stereocenters. The molecule has 0 radical (unpaired) electrons. The number of para-hydroxylation sites is 1. The number of hydrogen-bond acceptors (Lipinski definition) is 3. The van der Waals surface area contributed by atoms with Gasteiger partial charge in [0.05, 0.1) is 17.5 Å². The Morgan fingerprint density at radius 3 is 2.72 bits per heavy atom. The summed E-state index contributed by atoms with van der Waals surface area (Å²) in [5.41, 5.74) is 0.769. The number of amides is 1. The molecule has 1 aromatic rings. The molecule has 2 atom stereocenters. The van der Waals surface area contributed by atoms with Crippen LogP contribution in [0.15, 0.2) is 29.2 Å².